The Kier molecular flexibility index (Phi) is 8.46. The van der Waals surface area contributed by atoms with E-state index in [0.29, 0.717) is 25.2 Å². The second-order valence-electron chi connectivity index (χ2n) is 11.1. The van der Waals surface area contributed by atoms with Crippen LogP contribution in [0.5, 0.6) is 0 Å². The van der Waals surface area contributed by atoms with Gasteiger partial charge in [-0.15, -0.1) is 0 Å². The Bertz CT molecular complexity index is 1830. The number of rotatable bonds is 8. The molecule has 1 saturated carbocycles. The zero-order chi connectivity index (χ0) is 31.2. The largest absolute Gasteiger partial charge is 0.334 e. The van der Waals surface area contributed by atoms with Gasteiger partial charge in [0, 0.05) is 42.7 Å². The van der Waals surface area contributed by atoms with Crippen LogP contribution in [-0.4, -0.2) is 36.4 Å². The molecule has 2 N–H and O–H groups in total. The van der Waals surface area contributed by atoms with Crippen LogP contribution in [-0.2, 0) is 13.6 Å². The summed E-state index contributed by atoms with van der Waals surface area (Å²) in [6, 6.07) is 21.4. The number of nitrogens with one attached hydrogen (secondary N) is 2. The lowest BCUT2D eigenvalue weighted by Gasteiger charge is -2.46. The van der Waals surface area contributed by atoms with E-state index in [2.05, 4.69) is 31.8 Å². The summed E-state index contributed by atoms with van der Waals surface area (Å²) >= 11 is 0. The Balaban J connectivity index is 1.40. The number of halogens is 1. The first-order valence-corrected chi connectivity index (χ1v) is 14.8. The number of aromatic nitrogens is 5. The zero-order valence-electron chi connectivity index (χ0n) is 24.8. The first-order valence-electron chi connectivity index (χ1n) is 14.8. The highest BCUT2D eigenvalue weighted by molar-refractivity contribution is 5.93. The van der Waals surface area contributed by atoms with Crippen LogP contribution < -0.4 is 15.5 Å². The summed E-state index contributed by atoms with van der Waals surface area (Å²) in [7, 11) is 1.85. The quantitative estimate of drug-likeness (QED) is 0.196. The maximum absolute atomic E-state index is 14.8. The fourth-order valence-electron chi connectivity index (χ4n) is 5.76. The van der Waals surface area contributed by atoms with Gasteiger partial charge in [-0.1, -0.05) is 48.9 Å². The van der Waals surface area contributed by atoms with Gasteiger partial charge in [0.2, 0.25) is 5.95 Å². The maximum atomic E-state index is 14.8. The van der Waals surface area contributed by atoms with Crippen LogP contribution >= 0.6 is 0 Å². The molecule has 6 rings (SSSR count). The fourth-order valence-corrected chi connectivity index (χ4v) is 5.76. The zero-order valence-corrected chi connectivity index (χ0v) is 24.8. The smallest absolute Gasteiger partial charge is 0.325 e. The van der Waals surface area contributed by atoms with Crippen molar-refractivity contribution in [3.8, 4) is 28.5 Å². The lowest BCUT2D eigenvalue weighted by Crippen LogP contribution is -2.61. The van der Waals surface area contributed by atoms with Crippen LogP contribution in [0.2, 0.25) is 0 Å². The normalized spacial score (nSPS) is 13.9. The molecule has 0 spiro atoms. The summed E-state index contributed by atoms with van der Waals surface area (Å²) in [4.78, 5) is 29.7. The van der Waals surface area contributed by atoms with Crippen molar-refractivity contribution in [3.05, 3.63) is 108 Å². The number of nitriles is 1. The minimum absolute atomic E-state index is 0.147. The van der Waals surface area contributed by atoms with Crippen molar-refractivity contribution < 1.29 is 9.18 Å². The number of carbonyl (C=O) groups is 1. The van der Waals surface area contributed by atoms with Crippen molar-refractivity contribution in [3.63, 3.8) is 0 Å². The molecule has 1 aliphatic carbocycles. The van der Waals surface area contributed by atoms with Gasteiger partial charge in [-0.25, -0.2) is 24.1 Å². The molecule has 0 unspecified atom stereocenters. The number of nitrogens with zero attached hydrogens (tertiary/aromatic N) is 7. The van der Waals surface area contributed by atoms with Gasteiger partial charge < -0.3 is 10.6 Å². The van der Waals surface area contributed by atoms with E-state index in [1.807, 2.05) is 55.7 Å². The highest BCUT2D eigenvalue weighted by Gasteiger charge is 2.43. The first-order chi connectivity index (χ1) is 22.0. The van der Waals surface area contributed by atoms with Gasteiger partial charge in [-0.2, -0.15) is 10.4 Å². The number of benzene rings is 2. The van der Waals surface area contributed by atoms with Gasteiger partial charge in [0.15, 0.2) is 0 Å². The van der Waals surface area contributed by atoms with Crippen LogP contribution in [0.3, 0.4) is 0 Å². The Morgan fingerprint density at radius 3 is 2.44 bits per heavy atom. The van der Waals surface area contributed by atoms with E-state index in [1.54, 1.807) is 40.2 Å². The van der Waals surface area contributed by atoms with E-state index in [4.69, 9.17) is 4.98 Å². The molecular formula is C34H32FN9O. The molecule has 2 aromatic carbocycles. The number of hydrogen-bond acceptors (Lipinski definition) is 7. The monoisotopic (exact) mass is 601 g/mol. The van der Waals surface area contributed by atoms with E-state index in [0.717, 1.165) is 36.0 Å². The van der Waals surface area contributed by atoms with Gasteiger partial charge in [0.25, 0.3) is 0 Å². The summed E-state index contributed by atoms with van der Waals surface area (Å²) in [5.41, 5.74) is 2.30. The minimum Gasteiger partial charge on any atom is -0.334 e. The summed E-state index contributed by atoms with van der Waals surface area (Å²) in [6.07, 6.45) is 10.7. The number of amides is 2. The van der Waals surface area contributed by atoms with Crippen molar-refractivity contribution in [2.24, 2.45) is 7.05 Å². The summed E-state index contributed by atoms with van der Waals surface area (Å²) < 4.78 is 16.6. The molecular weight excluding hydrogens is 569 g/mol. The molecule has 3 aromatic heterocycles. The molecule has 0 bridgehead atoms. The van der Waals surface area contributed by atoms with Crippen LogP contribution in [0, 0.1) is 17.1 Å². The van der Waals surface area contributed by atoms with Crippen molar-refractivity contribution in [2.45, 2.75) is 44.3 Å². The van der Waals surface area contributed by atoms with Crippen LogP contribution in [0.25, 0.3) is 22.4 Å². The number of carbonyl (C=O) groups excluding carboxylic acids is 1. The highest BCUT2D eigenvalue weighted by Crippen LogP contribution is 2.38. The van der Waals surface area contributed by atoms with Gasteiger partial charge in [0.05, 0.1) is 23.7 Å². The number of urea groups is 1. The van der Waals surface area contributed by atoms with E-state index < -0.39 is 11.5 Å². The Hall–Kier alpha value is -5.63. The van der Waals surface area contributed by atoms with Gasteiger partial charge in [-0.05, 0) is 55.5 Å². The molecule has 0 saturated heterocycles. The summed E-state index contributed by atoms with van der Waals surface area (Å²) in [6.45, 7) is 0.324. The number of pyridine rings is 1. The molecule has 11 heteroatoms. The van der Waals surface area contributed by atoms with E-state index in [9.17, 15) is 14.4 Å². The predicted molar refractivity (Wildman–Crippen MR) is 169 cm³/mol. The third-order valence-corrected chi connectivity index (χ3v) is 8.00. The van der Waals surface area contributed by atoms with Gasteiger partial charge in [0.1, 0.15) is 23.4 Å². The topological polar surface area (TPSA) is 125 Å². The third kappa shape index (κ3) is 6.35. The molecule has 1 fully saturated rings. The van der Waals surface area contributed by atoms with E-state index in [-0.39, 0.29) is 28.8 Å². The standard InChI is InChI=1S/C34H32FN9O/c1-43-23-27(22-40-43)25-14-15-30(37-20-25)44(33(45)39-19-24-10-4-2-5-11-24)34(16-8-3-9-17-34)42-32-38-21-26(18-36)31(41-32)28-12-6-7-13-29(28)35/h2,4-7,10-15,20-23H,3,8-9,16-17,19H2,1H3,(H,39,45)(H,38,41,42). The molecule has 10 nitrogen and oxygen atoms in total. The Morgan fingerprint density at radius 2 is 1.76 bits per heavy atom. The lowest BCUT2D eigenvalue weighted by molar-refractivity contribution is 0.229. The molecule has 5 aromatic rings. The van der Waals surface area contributed by atoms with Crippen LogP contribution in [0.4, 0.5) is 21.0 Å². The molecule has 0 aliphatic heterocycles. The second kappa shape index (κ2) is 12.9. The van der Waals surface area contributed by atoms with E-state index >= 15 is 0 Å². The third-order valence-electron chi connectivity index (χ3n) is 8.00. The molecule has 1 aliphatic rings. The van der Waals surface area contributed by atoms with Crippen molar-refractivity contribution in [1.82, 2.24) is 30.0 Å². The minimum atomic E-state index is -0.956. The SMILES string of the molecule is Cn1cc(-c2ccc(N(C(=O)NCc3ccccc3)C3(Nc4ncc(C#N)c(-c5ccccc5F)n4)CCCCC3)nc2)cn1. The maximum Gasteiger partial charge on any atom is 0.325 e. The van der Waals surface area contributed by atoms with Crippen molar-refractivity contribution in [1.29, 1.82) is 5.26 Å². The second-order valence-corrected chi connectivity index (χ2v) is 11.1. The predicted octanol–water partition coefficient (Wildman–Crippen LogP) is 6.44. The molecule has 3 heterocycles. The molecule has 45 heavy (non-hydrogen) atoms. The highest BCUT2D eigenvalue weighted by atomic mass is 19.1. The molecule has 226 valence electrons. The summed E-state index contributed by atoms with van der Waals surface area (Å²) in [5.74, 6) is 0.137. The van der Waals surface area contributed by atoms with Crippen LogP contribution in [0.15, 0.2) is 91.5 Å². The Labute approximate surface area is 260 Å². The average Bonchev–Trinajstić information content (AvgIpc) is 3.51. The van der Waals surface area contributed by atoms with Gasteiger partial charge in [-0.3, -0.25) is 9.58 Å². The van der Waals surface area contributed by atoms with Crippen molar-refractivity contribution >= 4 is 17.8 Å². The fraction of sp³-hybridized carbons (Fsp3) is 0.235. The van der Waals surface area contributed by atoms with Gasteiger partial charge >= 0.3 is 6.03 Å². The average molecular weight is 602 g/mol. The number of aryl methyl sites for hydroxylation is 1. The first kappa shape index (κ1) is 29.4. The molecule has 2 amide bonds. The number of hydrogen-bond donors (Lipinski definition) is 2. The summed E-state index contributed by atoms with van der Waals surface area (Å²) in [5, 5.41) is 20.6. The van der Waals surface area contributed by atoms with E-state index in [1.165, 1.54) is 12.3 Å². The Morgan fingerprint density at radius 1 is 0.978 bits per heavy atom. The molecule has 0 radical (unpaired) electrons. The molecule has 0 atom stereocenters. The van der Waals surface area contributed by atoms with Crippen molar-refractivity contribution in [2.75, 3.05) is 10.2 Å². The number of anilines is 2. The lowest BCUT2D eigenvalue weighted by atomic mass is 9.87. The van der Waals surface area contributed by atoms with Crippen LogP contribution in [0.1, 0.15) is 43.2 Å².